The Morgan fingerprint density at radius 3 is 2.38 bits per heavy atom. The van der Waals surface area contributed by atoms with Crippen LogP contribution in [0.2, 0.25) is 0 Å². The third-order valence-electron chi connectivity index (χ3n) is 1.87. The number of benzene rings is 1. The molecule has 0 spiro atoms. The van der Waals surface area contributed by atoms with E-state index in [4.69, 9.17) is 0 Å². The van der Waals surface area contributed by atoms with Gasteiger partial charge >= 0.3 is 0 Å². The summed E-state index contributed by atoms with van der Waals surface area (Å²) in [5.74, 6) is -2.02. The summed E-state index contributed by atoms with van der Waals surface area (Å²) in [4.78, 5) is 10.5. The lowest BCUT2D eigenvalue weighted by Crippen LogP contribution is -2.01. The summed E-state index contributed by atoms with van der Waals surface area (Å²) in [5.41, 5.74) is 0.365. The van der Waals surface area contributed by atoms with Crippen LogP contribution >= 0.6 is 0 Å². The summed E-state index contributed by atoms with van der Waals surface area (Å²) in [5, 5.41) is 0. The molecule has 13 heavy (non-hydrogen) atoms. The molecule has 70 valence electrons. The van der Waals surface area contributed by atoms with Crippen molar-refractivity contribution in [3.63, 3.8) is 0 Å². The molecule has 1 aromatic rings. The summed E-state index contributed by atoms with van der Waals surface area (Å²) in [6.07, 6.45) is 0.540. The second kappa shape index (κ2) is 3.64. The van der Waals surface area contributed by atoms with E-state index in [0.717, 1.165) is 6.07 Å². The Morgan fingerprint density at radius 1 is 1.31 bits per heavy atom. The molecule has 0 saturated carbocycles. The van der Waals surface area contributed by atoms with Gasteiger partial charge in [0.05, 0.1) is 0 Å². The molecule has 0 amide bonds. The van der Waals surface area contributed by atoms with E-state index < -0.39 is 11.6 Å². The Labute approximate surface area is 75.4 Å². The van der Waals surface area contributed by atoms with E-state index in [1.165, 1.54) is 6.07 Å². The number of carbonyl (C=O) groups is 1. The van der Waals surface area contributed by atoms with Gasteiger partial charge in [0.25, 0.3) is 0 Å². The van der Waals surface area contributed by atoms with Crippen molar-refractivity contribution < 1.29 is 13.6 Å². The van der Waals surface area contributed by atoms with Crippen molar-refractivity contribution in [3.8, 4) is 0 Å². The topological polar surface area (TPSA) is 17.1 Å². The van der Waals surface area contributed by atoms with Crippen LogP contribution in [0.3, 0.4) is 0 Å². The van der Waals surface area contributed by atoms with Gasteiger partial charge in [-0.3, -0.25) is 4.79 Å². The standard InChI is InChI=1S/C10H10F2O/c1-6(2)9-7(5-13)3-4-8(11)10(9)12/h3-6H,1-2H3. The minimum Gasteiger partial charge on any atom is -0.298 e. The molecule has 0 bridgehead atoms. The molecular weight excluding hydrogens is 174 g/mol. The summed E-state index contributed by atoms with van der Waals surface area (Å²) >= 11 is 0. The molecule has 0 atom stereocenters. The largest absolute Gasteiger partial charge is 0.298 e. The van der Waals surface area contributed by atoms with Crippen LogP contribution in [0, 0.1) is 11.6 Å². The van der Waals surface area contributed by atoms with Crippen LogP contribution in [-0.4, -0.2) is 6.29 Å². The Balaban J connectivity index is 3.41. The maximum Gasteiger partial charge on any atom is 0.162 e. The number of rotatable bonds is 2. The van der Waals surface area contributed by atoms with Crippen LogP contribution < -0.4 is 0 Å². The zero-order valence-electron chi connectivity index (χ0n) is 7.47. The second-order valence-corrected chi connectivity index (χ2v) is 3.14. The summed E-state index contributed by atoms with van der Waals surface area (Å²) in [6, 6.07) is 2.26. The Hall–Kier alpha value is -1.25. The average Bonchev–Trinajstić information content (AvgIpc) is 2.08. The van der Waals surface area contributed by atoms with Gasteiger partial charge in [0.15, 0.2) is 11.6 Å². The van der Waals surface area contributed by atoms with Crippen molar-refractivity contribution in [2.75, 3.05) is 0 Å². The van der Waals surface area contributed by atoms with Crippen LogP contribution in [0.1, 0.15) is 35.7 Å². The first-order valence-corrected chi connectivity index (χ1v) is 4.01. The molecule has 1 nitrogen and oxygen atoms in total. The van der Waals surface area contributed by atoms with Crippen LogP contribution in [0.4, 0.5) is 8.78 Å². The minimum atomic E-state index is -0.917. The lowest BCUT2D eigenvalue weighted by Gasteiger charge is -2.09. The first-order valence-electron chi connectivity index (χ1n) is 4.01. The van der Waals surface area contributed by atoms with Gasteiger partial charge in [-0.05, 0) is 18.1 Å². The maximum absolute atomic E-state index is 13.2. The molecule has 0 unspecified atom stereocenters. The van der Waals surface area contributed by atoms with E-state index in [9.17, 15) is 13.6 Å². The van der Waals surface area contributed by atoms with Gasteiger partial charge in [0.1, 0.15) is 6.29 Å². The average molecular weight is 184 g/mol. The van der Waals surface area contributed by atoms with Crippen LogP contribution in [0.5, 0.6) is 0 Å². The fourth-order valence-electron chi connectivity index (χ4n) is 1.27. The van der Waals surface area contributed by atoms with Crippen LogP contribution in [0.15, 0.2) is 12.1 Å². The number of aldehydes is 1. The van der Waals surface area contributed by atoms with E-state index in [1.54, 1.807) is 13.8 Å². The number of carbonyl (C=O) groups excluding carboxylic acids is 1. The van der Waals surface area contributed by atoms with Crippen molar-refractivity contribution in [1.82, 2.24) is 0 Å². The molecule has 0 aliphatic heterocycles. The Morgan fingerprint density at radius 2 is 1.92 bits per heavy atom. The van der Waals surface area contributed by atoms with Crippen LogP contribution in [-0.2, 0) is 0 Å². The molecule has 0 saturated heterocycles. The summed E-state index contributed by atoms with van der Waals surface area (Å²) in [6.45, 7) is 3.43. The third kappa shape index (κ3) is 1.74. The van der Waals surface area contributed by atoms with E-state index in [1.807, 2.05) is 0 Å². The smallest absolute Gasteiger partial charge is 0.162 e. The quantitative estimate of drug-likeness (QED) is 0.646. The van der Waals surface area contributed by atoms with Gasteiger partial charge in [-0.2, -0.15) is 0 Å². The van der Waals surface area contributed by atoms with Gasteiger partial charge in [-0.1, -0.05) is 13.8 Å². The second-order valence-electron chi connectivity index (χ2n) is 3.14. The monoisotopic (exact) mass is 184 g/mol. The zero-order chi connectivity index (χ0) is 10.0. The van der Waals surface area contributed by atoms with Gasteiger partial charge in [0, 0.05) is 11.1 Å². The molecule has 3 heteroatoms. The molecule has 0 radical (unpaired) electrons. The maximum atomic E-state index is 13.2. The van der Waals surface area contributed by atoms with Crippen molar-refractivity contribution in [2.45, 2.75) is 19.8 Å². The molecule has 1 aromatic carbocycles. The van der Waals surface area contributed by atoms with Crippen molar-refractivity contribution >= 4 is 6.29 Å². The first-order chi connectivity index (χ1) is 6.07. The van der Waals surface area contributed by atoms with E-state index in [2.05, 4.69) is 0 Å². The highest BCUT2D eigenvalue weighted by Crippen LogP contribution is 2.23. The van der Waals surface area contributed by atoms with Crippen LogP contribution in [0.25, 0.3) is 0 Å². The van der Waals surface area contributed by atoms with Crippen molar-refractivity contribution in [1.29, 1.82) is 0 Å². The molecule has 0 heterocycles. The van der Waals surface area contributed by atoms with Gasteiger partial charge in [0.2, 0.25) is 0 Å². The first kappa shape index (κ1) is 9.84. The minimum absolute atomic E-state index is 0.148. The molecule has 0 aliphatic rings. The lowest BCUT2D eigenvalue weighted by molar-refractivity contribution is 0.112. The zero-order valence-corrected chi connectivity index (χ0v) is 7.47. The third-order valence-corrected chi connectivity index (χ3v) is 1.87. The SMILES string of the molecule is CC(C)c1c(C=O)ccc(F)c1F. The fraction of sp³-hybridized carbons (Fsp3) is 0.300. The van der Waals surface area contributed by atoms with E-state index >= 15 is 0 Å². The highest BCUT2D eigenvalue weighted by molar-refractivity contribution is 5.77. The highest BCUT2D eigenvalue weighted by atomic mass is 19.2. The summed E-state index contributed by atoms with van der Waals surface area (Å²) in [7, 11) is 0. The van der Waals surface area contributed by atoms with E-state index in [0.29, 0.717) is 6.29 Å². The molecule has 0 aliphatic carbocycles. The molecule has 1 rings (SSSR count). The molecule has 0 N–H and O–H groups in total. The Kier molecular flexibility index (Phi) is 2.76. The fourth-order valence-corrected chi connectivity index (χ4v) is 1.27. The van der Waals surface area contributed by atoms with Crippen molar-refractivity contribution in [2.24, 2.45) is 0 Å². The predicted octanol–water partition coefficient (Wildman–Crippen LogP) is 2.90. The lowest BCUT2D eigenvalue weighted by atomic mass is 9.97. The number of hydrogen-bond acceptors (Lipinski definition) is 1. The number of halogens is 2. The predicted molar refractivity (Wildman–Crippen MR) is 45.8 cm³/mol. The number of hydrogen-bond donors (Lipinski definition) is 0. The van der Waals surface area contributed by atoms with E-state index in [-0.39, 0.29) is 17.0 Å². The molecule has 0 aromatic heterocycles. The van der Waals surface area contributed by atoms with Gasteiger partial charge in [-0.15, -0.1) is 0 Å². The normalized spacial score (nSPS) is 10.5. The van der Waals surface area contributed by atoms with Gasteiger partial charge < -0.3 is 0 Å². The summed E-state index contributed by atoms with van der Waals surface area (Å²) < 4.78 is 25.9. The highest BCUT2D eigenvalue weighted by Gasteiger charge is 2.15. The Bertz CT molecular complexity index is 332. The van der Waals surface area contributed by atoms with Gasteiger partial charge in [-0.25, -0.2) is 8.78 Å². The molecular formula is C10H10F2O. The van der Waals surface area contributed by atoms with Crippen molar-refractivity contribution in [3.05, 3.63) is 34.9 Å². The molecule has 0 fully saturated rings.